The number of amides is 4. The van der Waals surface area contributed by atoms with E-state index in [1.807, 2.05) is 0 Å². The molecule has 0 unspecified atom stereocenters. The zero-order valence-corrected chi connectivity index (χ0v) is 12.5. The van der Waals surface area contributed by atoms with Gasteiger partial charge in [0.1, 0.15) is 11.3 Å². The summed E-state index contributed by atoms with van der Waals surface area (Å²) < 4.78 is 10.9. The van der Waals surface area contributed by atoms with Gasteiger partial charge in [-0.2, -0.15) is 0 Å². The molecular formula is C16H10N4O4. The van der Waals surface area contributed by atoms with Gasteiger partial charge < -0.3 is 9.15 Å². The molecule has 0 saturated heterocycles. The van der Waals surface area contributed by atoms with Crippen LogP contribution < -0.4 is 9.64 Å². The third-order valence-electron chi connectivity index (χ3n) is 3.57. The van der Waals surface area contributed by atoms with E-state index in [0.29, 0.717) is 34.0 Å². The van der Waals surface area contributed by atoms with Crippen molar-refractivity contribution in [1.29, 1.82) is 0 Å². The summed E-state index contributed by atoms with van der Waals surface area (Å²) in [6, 6.07) is 10.6. The van der Waals surface area contributed by atoms with Crippen LogP contribution in [0, 0.1) is 0 Å². The number of nitrogens with zero attached hydrogens (tertiary/aromatic N) is 4. The second-order valence-electron chi connectivity index (χ2n) is 5.00. The predicted octanol–water partition coefficient (Wildman–Crippen LogP) is 4.02. The van der Waals surface area contributed by atoms with E-state index in [1.54, 1.807) is 49.6 Å². The summed E-state index contributed by atoms with van der Waals surface area (Å²) in [5.41, 5.74) is 2.41. The second-order valence-corrected chi connectivity index (χ2v) is 5.00. The van der Waals surface area contributed by atoms with E-state index >= 15 is 0 Å². The van der Waals surface area contributed by atoms with Gasteiger partial charge in [0.05, 0.1) is 12.8 Å². The van der Waals surface area contributed by atoms with Gasteiger partial charge in [0, 0.05) is 11.6 Å². The Morgan fingerprint density at radius 2 is 1.71 bits per heavy atom. The summed E-state index contributed by atoms with van der Waals surface area (Å²) in [5.74, 6) is 1.11. The van der Waals surface area contributed by atoms with Crippen molar-refractivity contribution < 1.29 is 18.7 Å². The molecule has 2 aromatic carbocycles. The molecular weight excluding hydrogens is 312 g/mol. The molecule has 4 rings (SSSR count). The largest absolute Gasteiger partial charge is 0.497 e. The summed E-state index contributed by atoms with van der Waals surface area (Å²) >= 11 is 0. The van der Waals surface area contributed by atoms with Crippen molar-refractivity contribution in [3.05, 3.63) is 42.5 Å². The van der Waals surface area contributed by atoms with E-state index in [-0.39, 0.29) is 0 Å². The first kappa shape index (κ1) is 14.1. The van der Waals surface area contributed by atoms with E-state index in [1.165, 1.54) is 0 Å². The fourth-order valence-corrected chi connectivity index (χ4v) is 2.39. The first-order valence-corrected chi connectivity index (χ1v) is 7.00. The summed E-state index contributed by atoms with van der Waals surface area (Å²) in [4.78, 5) is 28.3. The number of azo groups is 1. The molecule has 0 bridgehead atoms. The van der Waals surface area contributed by atoms with Gasteiger partial charge in [-0.1, -0.05) is 10.2 Å². The number of carbonyl (C=O) groups excluding carboxylic acids is 2. The zero-order chi connectivity index (χ0) is 16.7. The molecule has 24 heavy (non-hydrogen) atoms. The van der Waals surface area contributed by atoms with Gasteiger partial charge in [-0.3, -0.25) is 0 Å². The van der Waals surface area contributed by atoms with Gasteiger partial charge >= 0.3 is 12.1 Å². The van der Waals surface area contributed by atoms with Crippen LogP contribution in [-0.4, -0.2) is 24.2 Å². The Morgan fingerprint density at radius 3 is 2.38 bits per heavy atom. The molecule has 0 fully saturated rings. The van der Waals surface area contributed by atoms with Crippen LogP contribution in [0.3, 0.4) is 0 Å². The van der Waals surface area contributed by atoms with E-state index in [9.17, 15) is 9.59 Å². The normalized spacial score (nSPS) is 14.0. The SMILES string of the molecule is COc1ccc2nc(-c3ccc(N4C(=O)N=NC4=O)cc3)oc2c1. The molecule has 0 radical (unpaired) electrons. The van der Waals surface area contributed by atoms with E-state index in [0.717, 1.165) is 4.90 Å². The molecule has 4 amide bonds. The topological polar surface area (TPSA) is 97.4 Å². The average Bonchev–Trinajstić information content (AvgIpc) is 3.17. The zero-order valence-electron chi connectivity index (χ0n) is 12.5. The lowest BCUT2D eigenvalue weighted by Gasteiger charge is -2.10. The van der Waals surface area contributed by atoms with Crippen molar-refractivity contribution in [2.75, 3.05) is 12.0 Å². The third kappa shape index (κ3) is 2.21. The lowest BCUT2D eigenvalue weighted by molar-refractivity contribution is 0.249. The predicted molar refractivity (Wildman–Crippen MR) is 84.1 cm³/mol. The fraction of sp³-hybridized carbons (Fsp3) is 0.0625. The van der Waals surface area contributed by atoms with Crippen LogP contribution >= 0.6 is 0 Å². The van der Waals surface area contributed by atoms with Crippen LogP contribution in [-0.2, 0) is 0 Å². The molecule has 1 aliphatic heterocycles. The number of urea groups is 2. The molecule has 1 aliphatic rings. The van der Waals surface area contributed by atoms with Crippen molar-refractivity contribution in [3.63, 3.8) is 0 Å². The Hall–Kier alpha value is -3.55. The van der Waals surface area contributed by atoms with Crippen LogP contribution in [0.5, 0.6) is 5.75 Å². The standard InChI is InChI=1S/C16H10N4O4/c1-23-11-6-7-12-13(8-11)24-14(17-12)9-2-4-10(5-3-9)20-15(21)18-19-16(20)22/h2-8H,1H3. The summed E-state index contributed by atoms with van der Waals surface area (Å²) in [7, 11) is 1.58. The maximum absolute atomic E-state index is 11.5. The van der Waals surface area contributed by atoms with Crippen LogP contribution in [0.2, 0.25) is 0 Å². The monoisotopic (exact) mass is 322 g/mol. The minimum absolute atomic E-state index is 0.386. The molecule has 118 valence electrons. The quantitative estimate of drug-likeness (QED) is 0.725. The highest BCUT2D eigenvalue weighted by Crippen LogP contribution is 2.29. The van der Waals surface area contributed by atoms with Crippen LogP contribution in [0.15, 0.2) is 57.1 Å². The number of oxazole rings is 1. The molecule has 2 heterocycles. The van der Waals surface area contributed by atoms with Gasteiger partial charge in [0.15, 0.2) is 5.58 Å². The highest BCUT2D eigenvalue weighted by atomic mass is 16.5. The maximum Gasteiger partial charge on any atom is 0.375 e. The number of imide groups is 1. The number of aromatic nitrogens is 1. The molecule has 0 atom stereocenters. The van der Waals surface area contributed by atoms with Crippen molar-refractivity contribution in [1.82, 2.24) is 4.98 Å². The first-order chi connectivity index (χ1) is 11.7. The number of anilines is 1. The van der Waals surface area contributed by atoms with Gasteiger partial charge in [-0.05, 0) is 36.4 Å². The Labute approximate surface area is 135 Å². The Morgan fingerprint density at radius 1 is 1.00 bits per heavy atom. The highest BCUT2D eigenvalue weighted by molar-refractivity contribution is 6.17. The number of ether oxygens (including phenoxy) is 1. The van der Waals surface area contributed by atoms with Crippen LogP contribution in [0.25, 0.3) is 22.6 Å². The van der Waals surface area contributed by atoms with E-state index in [2.05, 4.69) is 15.2 Å². The number of hydrogen-bond donors (Lipinski definition) is 0. The average molecular weight is 322 g/mol. The van der Waals surface area contributed by atoms with Gasteiger partial charge in [0.2, 0.25) is 5.89 Å². The number of benzene rings is 2. The molecule has 0 aliphatic carbocycles. The molecule has 8 heteroatoms. The van der Waals surface area contributed by atoms with Gasteiger partial charge in [-0.25, -0.2) is 19.5 Å². The number of methoxy groups -OCH3 is 1. The minimum atomic E-state index is -0.707. The second kappa shape index (κ2) is 5.27. The lowest BCUT2D eigenvalue weighted by Crippen LogP contribution is -2.27. The molecule has 0 spiro atoms. The Balaban J connectivity index is 1.68. The highest BCUT2D eigenvalue weighted by Gasteiger charge is 2.29. The van der Waals surface area contributed by atoms with Crippen LogP contribution in [0.4, 0.5) is 15.3 Å². The summed E-state index contributed by atoms with van der Waals surface area (Å²) in [5, 5.41) is 6.44. The Bertz CT molecular complexity index is 973. The van der Waals surface area contributed by atoms with Gasteiger partial charge in [-0.15, -0.1) is 0 Å². The van der Waals surface area contributed by atoms with Crippen molar-refractivity contribution >= 4 is 28.8 Å². The first-order valence-electron chi connectivity index (χ1n) is 7.00. The molecule has 0 N–H and O–H groups in total. The Kier molecular flexibility index (Phi) is 3.09. The maximum atomic E-state index is 11.5. The summed E-state index contributed by atoms with van der Waals surface area (Å²) in [6.45, 7) is 0. The molecule has 0 saturated carbocycles. The smallest absolute Gasteiger partial charge is 0.375 e. The molecule has 1 aromatic heterocycles. The van der Waals surface area contributed by atoms with Crippen molar-refractivity contribution in [2.24, 2.45) is 10.2 Å². The van der Waals surface area contributed by atoms with E-state index < -0.39 is 12.1 Å². The fourth-order valence-electron chi connectivity index (χ4n) is 2.39. The molecule has 8 nitrogen and oxygen atoms in total. The third-order valence-corrected chi connectivity index (χ3v) is 3.57. The number of fused-ring (bicyclic) bond motifs is 1. The summed E-state index contributed by atoms with van der Waals surface area (Å²) in [6.07, 6.45) is 0. The van der Waals surface area contributed by atoms with Crippen molar-refractivity contribution in [2.45, 2.75) is 0 Å². The minimum Gasteiger partial charge on any atom is -0.497 e. The van der Waals surface area contributed by atoms with Crippen molar-refractivity contribution in [3.8, 4) is 17.2 Å². The number of rotatable bonds is 3. The molecule has 3 aromatic rings. The van der Waals surface area contributed by atoms with E-state index in [4.69, 9.17) is 9.15 Å². The lowest BCUT2D eigenvalue weighted by atomic mass is 10.2. The van der Waals surface area contributed by atoms with Gasteiger partial charge in [0.25, 0.3) is 0 Å². The number of carbonyl (C=O) groups is 2. The number of hydrogen-bond acceptors (Lipinski definition) is 5. The van der Waals surface area contributed by atoms with Crippen LogP contribution in [0.1, 0.15) is 0 Å².